The van der Waals surface area contributed by atoms with Gasteiger partial charge in [-0.3, -0.25) is 9.59 Å². The second-order valence-corrected chi connectivity index (χ2v) is 7.26. The first-order chi connectivity index (χ1) is 13.7. The van der Waals surface area contributed by atoms with Crippen molar-refractivity contribution < 1.29 is 14.3 Å². The maximum atomic E-state index is 12.9. The highest BCUT2D eigenvalue weighted by molar-refractivity contribution is 6.02. The summed E-state index contributed by atoms with van der Waals surface area (Å²) >= 11 is 0. The average molecular weight is 379 g/mol. The molecule has 2 aliphatic rings. The fourth-order valence-electron chi connectivity index (χ4n) is 3.33. The van der Waals surface area contributed by atoms with Gasteiger partial charge in [0.25, 0.3) is 5.91 Å². The molecular weight excluding hydrogens is 354 g/mol. The van der Waals surface area contributed by atoms with Gasteiger partial charge in [0.05, 0.1) is 24.5 Å². The van der Waals surface area contributed by atoms with Crippen LogP contribution in [0.3, 0.4) is 0 Å². The van der Waals surface area contributed by atoms with Crippen LogP contribution in [0.5, 0.6) is 0 Å². The summed E-state index contributed by atoms with van der Waals surface area (Å²) in [5.41, 5.74) is 3.24. The number of hydrogen-bond acceptors (Lipinski definition) is 4. The van der Waals surface area contributed by atoms with Crippen molar-refractivity contribution in [1.29, 1.82) is 0 Å². The molecule has 2 aromatic rings. The summed E-state index contributed by atoms with van der Waals surface area (Å²) in [7, 11) is 0. The summed E-state index contributed by atoms with van der Waals surface area (Å²) in [6, 6.07) is 15.4. The maximum Gasteiger partial charge on any atom is 0.253 e. The van der Waals surface area contributed by atoms with Gasteiger partial charge in [-0.15, -0.1) is 0 Å². The molecule has 1 aliphatic carbocycles. The lowest BCUT2D eigenvalue weighted by Gasteiger charge is -2.30. The van der Waals surface area contributed by atoms with Crippen molar-refractivity contribution in [2.45, 2.75) is 19.4 Å². The van der Waals surface area contributed by atoms with Crippen molar-refractivity contribution in [3.05, 3.63) is 59.7 Å². The molecule has 0 atom stereocenters. The highest BCUT2D eigenvalue weighted by Gasteiger charge is 2.30. The van der Waals surface area contributed by atoms with Crippen molar-refractivity contribution in [1.82, 2.24) is 5.32 Å². The van der Waals surface area contributed by atoms with Crippen molar-refractivity contribution in [3.63, 3.8) is 0 Å². The number of ether oxygens (including phenoxy) is 1. The Kier molecular flexibility index (Phi) is 5.58. The van der Waals surface area contributed by atoms with Crippen LogP contribution in [0.15, 0.2) is 48.5 Å². The lowest BCUT2D eigenvalue weighted by atomic mass is 10.1. The molecular formula is C22H25N3O3. The maximum absolute atomic E-state index is 12.9. The Hall–Kier alpha value is -2.86. The molecule has 1 saturated heterocycles. The van der Waals surface area contributed by atoms with Gasteiger partial charge in [-0.2, -0.15) is 0 Å². The minimum Gasteiger partial charge on any atom is -0.378 e. The number of hydrogen-bond donors (Lipinski definition) is 2. The van der Waals surface area contributed by atoms with Crippen LogP contribution in [-0.4, -0.2) is 38.1 Å². The highest BCUT2D eigenvalue weighted by Crippen LogP contribution is 2.31. The molecule has 6 nitrogen and oxygen atoms in total. The average Bonchev–Trinajstić information content (AvgIpc) is 3.59. The Morgan fingerprint density at radius 2 is 1.79 bits per heavy atom. The highest BCUT2D eigenvalue weighted by atomic mass is 16.5. The number of carbonyl (C=O) groups is 2. The number of benzene rings is 2. The molecule has 1 aliphatic heterocycles. The van der Waals surface area contributed by atoms with Crippen LogP contribution in [0, 0.1) is 5.92 Å². The smallest absolute Gasteiger partial charge is 0.253 e. The van der Waals surface area contributed by atoms with Gasteiger partial charge in [0.2, 0.25) is 5.91 Å². The van der Waals surface area contributed by atoms with E-state index >= 15 is 0 Å². The van der Waals surface area contributed by atoms with Gasteiger partial charge in [-0.05, 0) is 36.6 Å². The van der Waals surface area contributed by atoms with Crippen molar-refractivity contribution >= 4 is 23.2 Å². The van der Waals surface area contributed by atoms with E-state index in [2.05, 4.69) is 15.5 Å². The Balaban J connectivity index is 1.53. The van der Waals surface area contributed by atoms with E-state index in [0.717, 1.165) is 42.9 Å². The fraction of sp³-hybridized carbons (Fsp3) is 0.364. The number of nitrogens with one attached hydrogen (secondary N) is 2. The normalized spacial score (nSPS) is 16.5. The largest absolute Gasteiger partial charge is 0.378 e. The third kappa shape index (κ3) is 4.51. The molecule has 2 aromatic carbocycles. The van der Waals surface area contributed by atoms with Crippen molar-refractivity contribution in [3.8, 4) is 0 Å². The third-order valence-electron chi connectivity index (χ3n) is 5.11. The zero-order valence-electron chi connectivity index (χ0n) is 15.8. The van der Waals surface area contributed by atoms with Crippen LogP contribution >= 0.6 is 0 Å². The van der Waals surface area contributed by atoms with Crippen LogP contribution in [0.4, 0.5) is 11.4 Å². The summed E-state index contributed by atoms with van der Waals surface area (Å²) in [5.74, 6) is 0.0836. The van der Waals surface area contributed by atoms with Gasteiger partial charge in [0.1, 0.15) is 0 Å². The molecule has 0 spiro atoms. The second-order valence-electron chi connectivity index (χ2n) is 7.26. The number of anilines is 2. The van der Waals surface area contributed by atoms with E-state index in [0.29, 0.717) is 25.3 Å². The van der Waals surface area contributed by atoms with Gasteiger partial charge in [-0.1, -0.05) is 30.3 Å². The number of carbonyl (C=O) groups excluding carboxylic acids is 2. The lowest BCUT2D eigenvalue weighted by Crippen LogP contribution is -2.38. The molecule has 0 bridgehead atoms. The molecule has 1 heterocycles. The molecule has 28 heavy (non-hydrogen) atoms. The Bertz CT molecular complexity index is 843. The predicted octanol–water partition coefficient (Wildman–Crippen LogP) is 2.80. The summed E-state index contributed by atoms with van der Waals surface area (Å²) in [4.78, 5) is 27.1. The first-order valence-corrected chi connectivity index (χ1v) is 9.80. The minimum absolute atomic E-state index is 0.0641. The number of morpholine rings is 1. The van der Waals surface area contributed by atoms with Crippen LogP contribution in [0.25, 0.3) is 0 Å². The Labute approximate surface area is 164 Å². The molecule has 1 saturated carbocycles. The molecule has 0 radical (unpaired) electrons. The van der Waals surface area contributed by atoms with E-state index in [1.165, 1.54) is 0 Å². The first-order valence-electron chi connectivity index (χ1n) is 9.80. The molecule has 6 heteroatoms. The molecule has 2 amide bonds. The van der Waals surface area contributed by atoms with E-state index in [1.54, 1.807) is 6.07 Å². The van der Waals surface area contributed by atoms with Gasteiger partial charge in [0.15, 0.2) is 0 Å². The van der Waals surface area contributed by atoms with Gasteiger partial charge < -0.3 is 20.3 Å². The molecule has 2 fully saturated rings. The quantitative estimate of drug-likeness (QED) is 0.810. The van der Waals surface area contributed by atoms with E-state index < -0.39 is 0 Å². The van der Waals surface area contributed by atoms with Gasteiger partial charge >= 0.3 is 0 Å². The molecule has 2 N–H and O–H groups in total. The Morgan fingerprint density at radius 1 is 1.04 bits per heavy atom. The molecule has 4 rings (SSSR count). The number of nitrogens with zero attached hydrogens (tertiary/aromatic N) is 1. The number of rotatable bonds is 6. The SMILES string of the molecule is O=C(NCc1ccccc1)c1ccc(NC(=O)C2CC2)cc1N1CCOCC1. The predicted molar refractivity (Wildman–Crippen MR) is 108 cm³/mol. The monoisotopic (exact) mass is 379 g/mol. The summed E-state index contributed by atoms with van der Waals surface area (Å²) in [6.07, 6.45) is 1.92. The van der Waals surface area contributed by atoms with Gasteiger partial charge in [-0.25, -0.2) is 0 Å². The van der Waals surface area contributed by atoms with Crippen molar-refractivity contribution in [2.24, 2.45) is 5.92 Å². The first kappa shape index (κ1) is 18.5. The van der Waals surface area contributed by atoms with E-state index in [-0.39, 0.29) is 17.7 Å². The lowest BCUT2D eigenvalue weighted by molar-refractivity contribution is -0.117. The summed E-state index contributed by atoms with van der Waals surface area (Å²) < 4.78 is 5.45. The van der Waals surface area contributed by atoms with Gasteiger partial charge in [0, 0.05) is 31.2 Å². The topological polar surface area (TPSA) is 70.7 Å². The van der Waals surface area contributed by atoms with Crippen LogP contribution < -0.4 is 15.5 Å². The van der Waals surface area contributed by atoms with Crippen molar-refractivity contribution in [2.75, 3.05) is 36.5 Å². The van der Waals surface area contributed by atoms with Crippen LogP contribution in [0.1, 0.15) is 28.8 Å². The summed E-state index contributed by atoms with van der Waals surface area (Å²) in [6.45, 7) is 3.17. The van der Waals surface area contributed by atoms with E-state index in [4.69, 9.17) is 4.74 Å². The van der Waals surface area contributed by atoms with Crippen LogP contribution in [-0.2, 0) is 16.1 Å². The molecule has 0 aromatic heterocycles. The fourth-order valence-corrected chi connectivity index (χ4v) is 3.33. The minimum atomic E-state index is -0.120. The third-order valence-corrected chi connectivity index (χ3v) is 5.11. The molecule has 0 unspecified atom stereocenters. The van der Waals surface area contributed by atoms with E-state index in [1.807, 2.05) is 42.5 Å². The zero-order valence-corrected chi connectivity index (χ0v) is 15.8. The zero-order chi connectivity index (χ0) is 19.3. The molecule has 146 valence electrons. The Morgan fingerprint density at radius 3 is 2.50 bits per heavy atom. The van der Waals surface area contributed by atoms with Crippen LogP contribution in [0.2, 0.25) is 0 Å². The van der Waals surface area contributed by atoms with E-state index in [9.17, 15) is 9.59 Å². The number of amides is 2. The second kappa shape index (κ2) is 8.44. The summed E-state index contributed by atoms with van der Waals surface area (Å²) in [5, 5.41) is 5.98. The standard InChI is InChI=1S/C22H25N3O3/c26-21(17-6-7-17)24-18-8-9-19(20(14-18)25-10-12-28-13-11-25)22(27)23-15-16-4-2-1-3-5-16/h1-5,8-9,14,17H,6-7,10-13,15H2,(H,23,27)(H,24,26).